The molecule has 0 fully saturated rings. The van der Waals surface area contributed by atoms with Gasteiger partial charge in [0.15, 0.2) is 0 Å². The number of non-ortho nitro benzene ring substituents is 1. The Bertz CT molecular complexity index is 551. The number of carbonyl (C=O) groups is 2. The van der Waals surface area contributed by atoms with Crippen molar-refractivity contribution < 1.29 is 19.6 Å². The summed E-state index contributed by atoms with van der Waals surface area (Å²) in [5, 5.41) is 21.5. The molecule has 0 aliphatic carbocycles. The smallest absolute Gasteiger partial charge is 0.328 e. The maximum absolute atomic E-state index is 11.7. The zero-order chi connectivity index (χ0) is 14.4. The zero-order valence-electron chi connectivity index (χ0n) is 10.1. The predicted octanol–water partition coefficient (Wildman–Crippen LogP) is 1.27. The van der Waals surface area contributed by atoms with Gasteiger partial charge in [0.2, 0.25) is 0 Å². The number of hydrogen-bond donors (Lipinski definition) is 2. The highest BCUT2D eigenvalue weighted by Crippen LogP contribution is 2.16. The van der Waals surface area contributed by atoms with Crippen molar-refractivity contribution in [2.75, 3.05) is 6.54 Å². The monoisotopic (exact) mass is 264 g/mol. The van der Waals surface area contributed by atoms with Crippen molar-refractivity contribution in [1.82, 2.24) is 5.32 Å². The fraction of sp³-hybridized carbons (Fsp3) is 0.167. The standard InChI is InChI=1S/C12H12N2O5/c1-8-5-9(7-10(6-8)14(18)19)12(17)13-4-2-3-11(15)16/h2-3,5-7H,4H2,1H3,(H,13,17)(H,15,16)/b3-2+. The van der Waals surface area contributed by atoms with Gasteiger partial charge in [-0.2, -0.15) is 0 Å². The average molecular weight is 264 g/mol. The van der Waals surface area contributed by atoms with Crippen molar-refractivity contribution in [3.05, 3.63) is 51.6 Å². The normalized spacial score (nSPS) is 10.4. The molecule has 0 aliphatic rings. The first-order valence-corrected chi connectivity index (χ1v) is 5.34. The number of nitrogens with zero attached hydrogens (tertiary/aromatic N) is 1. The molecular formula is C12H12N2O5. The molecule has 0 atom stereocenters. The van der Waals surface area contributed by atoms with Crippen molar-refractivity contribution in [2.45, 2.75) is 6.92 Å². The molecule has 2 N–H and O–H groups in total. The summed E-state index contributed by atoms with van der Waals surface area (Å²) in [5.74, 6) is -1.61. The van der Waals surface area contributed by atoms with E-state index in [9.17, 15) is 19.7 Å². The number of aryl methyl sites for hydroxylation is 1. The van der Waals surface area contributed by atoms with Gasteiger partial charge >= 0.3 is 5.97 Å². The molecule has 0 aromatic heterocycles. The lowest BCUT2D eigenvalue weighted by Gasteiger charge is -2.03. The Labute approximate surface area is 108 Å². The molecule has 0 bridgehead atoms. The Morgan fingerprint density at radius 2 is 2.11 bits per heavy atom. The third-order valence-corrected chi connectivity index (χ3v) is 2.18. The van der Waals surface area contributed by atoms with E-state index in [1.165, 1.54) is 24.3 Å². The number of carbonyl (C=O) groups excluding carboxylic acids is 1. The SMILES string of the molecule is Cc1cc(C(=O)NC/C=C/C(=O)O)cc([N+](=O)[O-])c1. The first-order chi connectivity index (χ1) is 8.90. The van der Waals surface area contributed by atoms with Gasteiger partial charge in [0.1, 0.15) is 0 Å². The van der Waals surface area contributed by atoms with Crippen LogP contribution in [0.1, 0.15) is 15.9 Å². The minimum atomic E-state index is -1.11. The van der Waals surface area contributed by atoms with Crippen LogP contribution in [0, 0.1) is 17.0 Å². The first kappa shape index (κ1) is 14.4. The molecule has 100 valence electrons. The average Bonchev–Trinajstić information content (AvgIpc) is 2.33. The Hall–Kier alpha value is -2.70. The first-order valence-electron chi connectivity index (χ1n) is 5.34. The molecular weight excluding hydrogens is 252 g/mol. The van der Waals surface area contributed by atoms with Crippen LogP contribution in [-0.2, 0) is 4.79 Å². The second kappa shape index (κ2) is 6.29. The van der Waals surface area contributed by atoms with Crippen LogP contribution < -0.4 is 5.32 Å². The third-order valence-electron chi connectivity index (χ3n) is 2.18. The molecule has 1 rings (SSSR count). The Kier molecular flexibility index (Phi) is 4.76. The van der Waals surface area contributed by atoms with Crippen molar-refractivity contribution in [3.63, 3.8) is 0 Å². The molecule has 0 unspecified atom stereocenters. The van der Waals surface area contributed by atoms with Crippen LogP contribution >= 0.6 is 0 Å². The van der Waals surface area contributed by atoms with E-state index < -0.39 is 16.8 Å². The van der Waals surface area contributed by atoms with Crippen LogP contribution in [-0.4, -0.2) is 28.5 Å². The largest absolute Gasteiger partial charge is 0.478 e. The predicted molar refractivity (Wildman–Crippen MR) is 66.9 cm³/mol. The highest BCUT2D eigenvalue weighted by molar-refractivity contribution is 5.95. The van der Waals surface area contributed by atoms with E-state index >= 15 is 0 Å². The van der Waals surface area contributed by atoms with E-state index in [2.05, 4.69) is 5.32 Å². The van der Waals surface area contributed by atoms with Crippen LogP contribution in [0.3, 0.4) is 0 Å². The summed E-state index contributed by atoms with van der Waals surface area (Å²) < 4.78 is 0. The summed E-state index contributed by atoms with van der Waals surface area (Å²) in [7, 11) is 0. The molecule has 1 aromatic carbocycles. The number of carboxylic acids is 1. The van der Waals surface area contributed by atoms with E-state index in [4.69, 9.17) is 5.11 Å². The zero-order valence-corrected chi connectivity index (χ0v) is 10.1. The molecule has 0 aliphatic heterocycles. The van der Waals surface area contributed by atoms with Crippen molar-refractivity contribution in [1.29, 1.82) is 0 Å². The number of nitro benzene ring substituents is 1. The minimum absolute atomic E-state index is 0.0346. The fourth-order valence-corrected chi connectivity index (χ4v) is 1.41. The Morgan fingerprint density at radius 1 is 1.42 bits per heavy atom. The Morgan fingerprint density at radius 3 is 2.68 bits per heavy atom. The van der Waals surface area contributed by atoms with Gasteiger partial charge in [0.25, 0.3) is 11.6 Å². The second-order valence-electron chi connectivity index (χ2n) is 3.76. The van der Waals surface area contributed by atoms with Gasteiger partial charge in [0.05, 0.1) is 4.92 Å². The summed E-state index contributed by atoms with van der Waals surface area (Å²) in [6, 6.07) is 4.05. The van der Waals surface area contributed by atoms with Gasteiger partial charge in [0, 0.05) is 30.3 Å². The van der Waals surface area contributed by atoms with Gasteiger partial charge in [-0.25, -0.2) is 4.79 Å². The lowest BCUT2D eigenvalue weighted by Crippen LogP contribution is -2.23. The van der Waals surface area contributed by atoms with Gasteiger partial charge in [-0.15, -0.1) is 0 Å². The van der Waals surface area contributed by atoms with Crippen LogP contribution in [0.25, 0.3) is 0 Å². The maximum atomic E-state index is 11.7. The molecule has 7 heteroatoms. The van der Waals surface area contributed by atoms with E-state index in [1.807, 2.05) is 0 Å². The molecule has 1 amide bonds. The molecule has 0 radical (unpaired) electrons. The second-order valence-corrected chi connectivity index (χ2v) is 3.76. The summed E-state index contributed by atoms with van der Waals surface area (Å²) in [6.07, 6.45) is 2.17. The van der Waals surface area contributed by atoms with Gasteiger partial charge < -0.3 is 10.4 Å². The highest BCUT2D eigenvalue weighted by atomic mass is 16.6. The van der Waals surface area contributed by atoms with Crippen molar-refractivity contribution >= 4 is 17.6 Å². The van der Waals surface area contributed by atoms with Crippen LogP contribution in [0.2, 0.25) is 0 Å². The number of nitro groups is 1. The van der Waals surface area contributed by atoms with Gasteiger partial charge in [-0.3, -0.25) is 14.9 Å². The highest BCUT2D eigenvalue weighted by Gasteiger charge is 2.12. The molecule has 0 saturated carbocycles. The number of benzene rings is 1. The molecule has 7 nitrogen and oxygen atoms in total. The van der Waals surface area contributed by atoms with E-state index in [-0.39, 0.29) is 17.8 Å². The summed E-state index contributed by atoms with van der Waals surface area (Å²) in [5.41, 5.74) is 0.599. The number of hydrogen-bond acceptors (Lipinski definition) is 4. The van der Waals surface area contributed by atoms with Crippen molar-refractivity contribution in [3.8, 4) is 0 Å². The maximum Gasteiger partial charge on any atom is 0.328 e. The molecule has 0 heterocycles. The quantitative estimate of drug-likeness (QED) is 0.473. The number of rotatable bonds is 5. The molecule has 1 aromatic rings. The number of aliphatic carboxylic acids is 1. The topological polar surface area (TPSA) is 110 Å². The fourth-order valence-electron chi connectivity index (χ4n) is 1.41. The third kappa shape index (κ3) is 4.58. The van der Waals surface area contributed by atoms with Crippen molar-refractivity contribution in [2.24, 2.45) is 0 Å². The molecule has 19 heavy (non-hydrogen) atoms. The van der Waals surface area contributed by atoms with Crippen LogP contribution in [0.4, 0.5) is 5.69 Å². The lowest BCUT2D eigenvalue weighted by atomic mass is 10.1. The number of carboxylic acid groups (broad SMARTS) is 1. The summed E-state index contributed by atoms with van der Waals surface area (Å²) in [6.45, 7) is 1.68. The minimum Gasteiger partial charge on any atom is -0.478 e. The lowest BCUT2D eigenvalue weighted by molar-refractivity contribution is -0.384. The molecule has 0 spiro atoms. The number of amides is 1. The molecule has 0 saturated heterocycles. The van der Waals surface area contributed by atoms with E-state index in [0.29, 0.717) is 5.56 Å². The van der Waals surface area contributed by atoms with Crippen LogP contribution in [0.15, 0.2) is 30.4 Å². The van der Waals surface area contributed by atoms with E-state index in [0.717, 1.165) is 6.08 Å². The van der Waals surface area contributed by atoms with E-state index in [1.54, 1.807) is 6.92 Å². The van der Waals surface area contributed by atoms with Gasteiger partial charge in [-0.1, -0.05) is 6.08 Å². The van der Waals surface area contributed by atoms with Gasteiger partial charge in [-0.05, 0) is 18.6 Å². The van der Waals surface area contributed by atoms with Crippen LogP contribution in [0.5, 0.6) is 0 Å². The summed E-state index contributed by atoms with van der Waals surface area (Å²) in [4.78, 5) is 32.0. The number of nitrogens with one attached hydrogen (secondary N) is 1. The Balaban J connectivity index is 2.77. The summed E-state index contributed by atoms with van der Waals surface area (Å²) >= 11 is 0.